The van der Waals surface area contributed by atoms with E-state index < -0.39 is 0 Å². The third-order valence-electron chi connectivity index (χ3n) is 2.09. The molecule has 0 fully saturated rings. The van der Waals surface area contributed by atoms with Gasteiger partial charge in [-0.3, -0.25) is 0 Å². The lowest BCUT2D eigenvalue weighted by atomic mass is 10.4. The molecule has 0 bridgehead atoms. The van der Waals surface area contributed by atoms with E-state index in [4.69, 9.17) is 4.42 Å². The fourth-order valence-electron chi connectivity index (χ4n) is 1.38. The van der Waals surface area contributed by atoms with Gasteiger partial charge in [-0.25, -0.2) is 4.98 Å². The molecule has 2 aromatic rings. The lowest BCUT2D eigenvalue weighted by Crippen LogP contribution is -2.12. The van der Waals surface area contributed by atoms with E-state index in [0.29, 0.717) is 0 Å². The molecule has 0 saturated heterocycles. The predicted molar refractivity (Wildman–Crippen MR) is 68.6 cm³/mol. The Hall–Kier alpha value is -0.780. The zero-order valence-electron chi connectivity index (χ0n) is 9.10. The maximum absolute atomic E-state index is 5.64. The van der Waals surface area contributed by atoms with Gasteiger partial charge in [0.1, 0.15) is 11.5 Å². The van der Waals surface area contributed by atoms with E-state index in [2.05, 4.69) is 16.6 Å². The van der Waals surface area contributed by atoms with Crippen molar-refractivity contribution < 1.29 is 4.42 Å². The van der Waals surface area contributed by atoms with Crippen LogP contribution in [0.25, 0.3) is 0 Å². The van der Waals surface area contributed by atoms with E-state index in [0.717, 1.165) is 36.1 Å². The van der Waals surface area contributed by atoms with E-state index in [9.17, 15) is 0 Å². The second-order valence-corrected chi connectivity index (χ2v) is 4.97. The summed E-state index contributed by atoms with van der Waals surface area (Å²) in [6.07, 6.45) is 2.07. The molecule has 0 spiro atoms. The Labute approximate surface area is 103 Å². The van der Waals surface area contributed by atoms with Gasteiger partial charge in [-0.05, 0) is 18.4 Å². The third-order valence-corrected chi connectivity index (χ3v) is 3.30. The van der Waals surface area contributed by atoms with E-state index in [-0.39, 0.29) is 0 Å². The molecule has 0 aromatic carbocycles. The van der Waals surface area contributed by atoms with Gasteiger partial charge >= 0.3 is 0 Å². The summed E-state index contributed by atoms with van der Waals surface area (Å²) in [4.78, 5) is 4.20. The Bertz CT molecular complexity index is 411. The molecule has 86 valence electrons. The van der Waals surface area contributed by atoms with Crippen molar-refractivity contribution in [2.75, 3.05) is 6.26 Å². The van der Waals surface area contributed by atoms with Crippen LogP contribution in [0.4, 0.5) is 0 Å². The smallest absolute Gasteiger partial charge is 0.118 e. The number of thiazole rings is 1. The summed E-state index contributed by atoms with van der Waals surface area (Å²) in [5.74, 6) is 2.96. The second kappa shape index (κ2) is 6.08. The maximum Gasteiger partial charge on any atom is 0.118 e. The molecule has 0 aliphatic heterocycles. The van der Waals surface area contributed by atoms with Gasteiger partial charge in [0.2, 0.25) is 0 Å². The van der Waals surface area contributed by atoms with Crippen LogP contribution in [0.15, 0.2) is 27.4 Å². The lowest BCUT2D eigenvalue weighted by Gasteiger charge is -1.99. The van der Waals surface area contributed by atoms with E-state index >= 15 is 0 Å². The van der Waals surface area contributed by atoms with Gasteiger partial charge in [-0.2, -0.15) is 11.8 Å². The van der Waals surface area contributed by atoms with Crippen molar-refractivity contribution in [2.24, 2.45) is 0 Å². The van der Waals surface area contributed by atoms with Gasteiger partial charge in [0.05, 0.1) is 23.5 Å². The first-order valence-electron chi connectivity index (χ1n) is 5.03. The second-order valence-electron chi connectivity index (χ2n) is 3.38. The first-order valence-corrected chi connectivity index (χ1v) is 7.36. The average molecular weight is 254 g/mol. The molecule has 0 radical (unpaired) electrons. The van der Waals surface area contributed by atoms with Gasteiger partial charge in [0.25, 0.3) is 0 Å². The molecule has 0 unspecified atom stereocenters. The Kier molecular flexibility index (Phi) is 4.44. The molecule has 0 saturated carbocycles. The molecule has 1 N–H and O–H groups in total. The highest BCUT2D eigenvalue weighted by molar-refractivity contribution is 7.97. The quantitative estimate of drug-likeness (QED) is 0.860. The summed E-state index contributed by atoms with van der Waals surface area (Å²) in [6.45, 7) is 1.55. The summed E-state index contributed by atoms with van der Waals surface area (Å²) >= 11 is 3.39. The van der Waals surface area contributed by atoms with Crippen molar-refractivity contribution in [3.63, 3.8) is 0 Å². The van der Waals surface area contributed by atoms with Gasteiger partial charge in [0, 0.05) is 11.9 Å². The third kappa shape index (κ3) is 3.37. The number of furan rings is 1. The number of nitrogens with one attached hydrogen (secondary N) is 1. The van der Waals surface area contributed by atoms with Crippen molar-refractivity contribution >= 4 is 23.1 Å². The Balaban J connectivity index is 1.76. The van der Waals surface area contributed by atoms with Crippen molar-refractivity contribution in [1.29, 1.82) is 0 Å². The molecule has 2 rings (SSSR count). The van der Waals surface area contributed by atoms with Crippen LogP contribution in [0.2, 0.25) is 0 Å². The van der Waals surface area contributed by atoms with Crippen LogP contribution in [0.1, 0.15) is 17.2 Å². The van der Waals surface area contributed by atoms with Gasteiger partial charge in [-0.1, -0.05) is 0 Å². The van der Waals surface area contributed by atoms with Gasteiger partial charge in [-0.15, -0.1) is 11.3 Å². The number of nitrogens with zero attached hydrogens (tertiary/aromatic N) is 1. The average Bonchev–Trinajstić information content (AvgIpc) is 2.90. The molecule has 2 heterocycles. The van der Waals surface area contributed by atoms with Crippen LogP contribution < -0.4 is 5.32 Å². The molecule has 2 aromatic heterocycles. The first-order chi connectivity index (χ1) is 7.88. The van der Waals surface area contributed by atoms with Crippen molar-refractivity contribution in [2.45, 2.75) is 18.8 Å². The lowest BCUT2D eigenvalue weighted by molar-refractivity contribution is 0.458. The first kappa shape index (κ1) is 11.7. The van der Waals surface area contributed by atoms with Gasteiger partial charge < -0.3 is 9.73 Å². The normalized spacial score (nSPS) is 10.8. The van der Waals surface area contributed by atoms with Crippen LogP contribution >= 0.6 is 23.1 Å². The van der Waals surface area contributed by atoms with Crippen molar-refractivity contribution in [3.05, 3.63) is 40.2 Å². The predicted octanol–water partition coefficient (Wildman–Crippen LogP) is 2.89. The fourth-order valence-corrected chi connectivity index (χ4v) is 2.37. The minimum absolute atomic E-state index is 0.756. The minimum Gasteiger partial charge on any atom is -0.464 e. The van der Waals surface area contributed by atoms with Crippen molar-refractivity contribution in [3.8, 4) is 0 Å². The Morgan fingerprint density at radius 1 is 1.38 bits per heavy atom. The summed E-state index contributed by atoms with van der Waals surface area (Å²) < 4.78 is 5.64. The molecule has 3 nitrogen and oxygen atoms in total. The molecular weight excluding hydrogens is 240 g/mol. The zero-order chi connectivity index (χ0) is 11.2. The van der Waals surface area contributed by atoms with Crippen molar-refractivity contribution in [1.82, 2.24) is 10.3 Å². The van der Waals surface area contributed by atoms with Crippen LogP contribution in [0, 0.1) is 0 Å². The number of aromatic nitrogens is 1. The highest BCUT2D eigenvalue weighted by atomic mass is 32.2. The summed E-state index contributed by atoms with van der Waals surface area (Å²) in [5, 5.41) is 5.35. The SMILES string of the molecule is CSCc1ccc(CNCc2cscn2)o1. The molecule has 5 heteroatoms. The molecule has 0 amide bonds. The maximum atomic E-state index is 5.64. The number of hydrogen-bond donors (Lipinski definition) is 1. The number of hydrogen-bond acceptors (Lipinski definition) is 5. The highest BCUT2D eigenvalue weighted by Crippen LogP contribution is 2.13. The van der Waals surface area contributed by atoms with E-state index in [1.807, 2.05) is 23.0 Å². The number of rotatable bonds is 6. The highest BCUT2D eigenvalue weighted by Gasteiger charge is 2.01. The molecule has 0 aliphatic carbocycles. The minimum atomic E-state index is 0.756. The Morgan fingerprint density at radius 2 is 2.25 bits per heavy atom. The van der Waals surface area contributed by atoms with Crippen LogP contribution in [0.5, 0.6) is 0 Å². The molecule has 16 heavy (non-hydrogen) atoms. The van der Waals surface area contributed by atoms with E-state index in [1.165, 1.54) is 0 Å². The monoisotopic (exact) mass is 254 g/mol. The number of thioether (sulfide) groups is 1. The van der Waals surface area contributed by atoms with Gasteiger partial charge in [0.15, 0.2) is 0 Å². The zero-order valence-corrected chi connectivity index (χ0v) is 10.7. The van der Waals surface area contributed by atoms with Crippen LogP contribution in [0.3, 0.4) is 0 Å². The fraction of sp³-hybridized carbons (Fsp3) is 0.364. The van der Waals surface area contributed by atoms with Crippen LogP contribution in [-0.2, 0) is 18.8 Å². The molecule has 0 aliphatic rings. The largest absolute Gasteiger partial charge is 0.464 e. The summed E-state index contributed by atoms with van der Waals surface area (Å²) in [5.41, 5.74) is 2.93. The van der Waals surface area contributed by atoms with Crippen LogP contribution in [-0.4, -0.2) is 11.2 Å². The summed E-state index contributed by atoms with van der Waals surface area (Å²) in [7, 11) is 0. The summed E-state index contributed by atoms with van der Waals surface area (Å²) in [6, 6.07) is 4.07. The molecule has 0 atom stereocenters. The topological polar surface area (TPSA) is 38.1 Å². The Morgan fingerprint density at radius 3 is 3.00 bits per heavy atom. The standard InChI is InChI=1S/C11H14N2OS2/c1-15-7-11-3-2-10(14-11)5-12-4-9-6-16-8-13-9/h2-3,6,8,12H,4-5,7H2,1H3. The molecular formula is C11H14N2OS2. The van der Waals surface area contributed by atoms with E-state index in [1.54, 1.807) is 23.1 Å².